The molecular formula is C17H13BrN2. The number of aromatic nitrogens is 2. The van der Waals surface area contributed by atoms with E-state index in [9.17, 15) is 0 Å². The van der Waals surface area contributed by atoms with Crippen molar-refractivity contribution in [3.63, 3.8) is 0 Å². The lowest BCUT2D eigenvalue weighted by atomic mass is 10.0. The first-order chi connectivity index (χ1) is 9.75. The van der Waals surface area contributed by atoms with Gasteiger partial charge in [-0.05, 0) is 46.6 Å². The molecule has 20 heavy (non-hydrogen) atoms. The molecule has 1 aromatic carbocycles. The van der Waals surface area contributed by atoms with Gasteiger partial charge >= 0.3 is 0 Å². The van der Waals surface area contributed by atoms with Crippen molar-refractivity contribution in [1.82, 2.24) is 9.97 Å². The molecule has 0 saturated heterocycles. The number of pyridine rings is 2. The molecule has 0 atom stereocenters. The van der Waals surface area contributed by atoms with E-state index in [1.807, 2.05) is 36.5 Å². The second kappa shape index (κ2) is 5.55. The van der Waals surface area contributed by atoms with E-state index < -0.39 is 0 Å². The van der Waals surface area contributed by atoms with E-state index in [-0.39, 0.29) is 0 Å². The molecule has 2 nitrogen and oxygen atoms in total. The third kappa shape index (κ3) is 2.49. The molecular weight excluding hydrogens is 312 g/mol. The van der Waals surface area contributed by atoms with Crippen molar-refractivity contribution in [3.05, 3.63) is 71.0 Å². The molecule has 0 aliphatic carbocycles. The second-order valence-electron chi connectivity index (χ2n) is 4.58. The van der Waals surface area contributed by atoms with Crippen LogP contribution in [0.1, 0.15) is 5.56 Å². The third-order valence-electron chi connectivity index (χ3n) is 3.19. The molecule has 0 aliphatic heterocycles. The van der Waals surface area contributed by atoms with E-state index in [1.54, 1.807) is 6.20 Å². The minimum absolute atomic E-state index is 0.928. The Morgan fingerprint density at radius 2 is 1.75 bits per heavy atom. The molecule has 3 aromatic rings. The van der Waals surface area contributed by atoms with Crippen LogP contribution in [0.15, 0.2) is 65.4 Å². The predicted octanol–water partition coefficient (Wildman–Crippen LogP) is 4.88. The summed E-state index contributed by atoms with van der Waals surface area (Å²) in [5, 5.41) is 0. The maximum absolute atomic E-state index is 4.57. The van der Waals surface area contributed by atoms with Crippen LogP contribution < -0.4 is 0 Å². The Morgan fingerprint density at radius 3 is 2.45 bits per heavy atom. The number of benzene rings is 1. The standard InChI is InChI=1S/C17H13BrN2/c1-12-10-16(13-6-3-2-4-7-13)20-11-14(12)17-15(18)8-5-9-19-17/h2-11H,1H3. The summed E-state index contributed by atoms with van der Waals surface area (Å²) in [6.07, 6.45) is 3.69. The first-order valence-electron chi connectivity index (χ1n) is 6.38. The fourth-order valence-electron chi connectivity index (χ4n) is 2.15. The zero-order valence-corrected chi connectivity index (χ0v) is 12.6. The van der Waals surface area contributed by atoms with Crippen molar-refractivity contribution in [2.45, 2.75) is 6.92 Å². The molecule has 0 saturated carbocycles. The molecule has 98 valence electrons. The van der Waals surface area contributed by atoms with E-state index >= 15 is 0 Å². The van der Waals surface area contributed by atoms with E-state index in [0.29, 0.717) is 0 Å². The van der Waals surface area contributed by atoms with Gasteiger partial charge in [-0.1, -0.05) is 30.3 Å². The molecule has 0 fully saturated rings. The number of hydrogen-bond donors (Lipinski definition) is 0. The minimum atomic E-state index is 0.928. The van der Waals surface area contributed by atoms with Crippen LogP contribution in [0.2, 0.25) is 0 Å². The largest absolute Gasteiger partial charge is 0.256 e. The van der Waals surface area contributed by atoms with Crippen LogP contribution in [0.3, 0.4) is 0 Å². The highest BCUT2D eigenvalue weighted by Gasteiger charge is 2.09. The summed E-state index contributed by atoms with van der Waals surface area (Å²) in [7, 11) is 0. The Hall–Kier alpha value is -2.00. The van der Waals surface area contributed by atoms with Gasteiger partial charge in [0, 0.05) is 28.0 Å². The van der Waals surface area contributed by atoms with Gasteiger partial charge in [0.15, 0.2) is 0 Å². The molecule has 3 rings (SSSR count). The van der Waals surface area contributed by atoms with Gasteiger partial charge in [-0.3, -0.25) is 9.97 Å². The van der Waals surface area contributed by atoms with Crippen molar-refractivity contribution in [3.8, 4) is 22.5 Å². The smallest absolute Gasteiger partial charge is 0.0862 e. The lowest BCUT2D eigenvalue weighted by Crippen LogP contribution is -1.92. The highest BCUT2D eigenvalue weighted by Crippen LogP contribution is 2.29. The number of nitrogens with zero attached hydrogens (tertiary/aromatic N) is 2. The van der Waals surface area contributed by atoms with Crippen LogP contribution >= 0.6 is 15.9 Å². The fourth-order valence-corrected chi connectivity index (χ4v) is 2.62. The first kappa shape index (κ1) is 13.0. The lowest BCUT2D eigenvalue weighted by Gasteiger charge is -2.09. The monoisotopic (exact) mass is 324 g/mol. The summed E-state index contributed by atoms with van der Waals surface area (Å²) in [6, 6.07) is 16.2. The lowest BCUT2D eigenvalue weighted by molar-refractivity contribution is 1.24. The Bertz CT molecular complexity index is 739. The van der Waals surface area contributed by atoms with Crippen LogP contribution in [-0.2, 0) is 0 Å². The number of hydrogen-bond acceptors (Lipinski definition) is 2. The second-order valence-corrected chi connectivity index (χ2v) is 5.44. The Morgan fingerprint density at radius 1 is 0.950 bits per heavy atom. The molecule has 0 bridgehead atoms. The Labute approximate surface area is 126 Å². The average molecular weight is 325 g/mol. The Balaban J connectivity index is 2.07. The van der Waals surface area contributed by atoms with Crippen LogP contribution in [0.25, 0.3) is 22.5 Å². The highest BCUT2D eigenvalue weighted by atomic mass is 79.9. The van der Waals surface area contributed by atoms with Gasteiger partial charge in [0.2, 0.25) is 0 Å². The summed E-state index contributed by atoms with van der Waals surface area (Å²) in [4.78, 5) is 8.99. The zero-order valence-electron chi connectivity index (χ0n) is 11.0. The van der Waals surface area contributed by atoms with Crippen LogP contribution in [0.4, 0.5) is 0 Å². The molecule has 2 heterocycles. The first-order valence-corrected chi connectivity index (χ1v) is 7.18. The summed E-state index contributed by atoms with van der Waals surface area (Å²) >= 11 is 3.54. The number of halogens is 1. The minimum Gasteiger partial charge on any atom is -0.256 e. The topological polar surface area (TPSA) is 25.8 Å². The van der Waals surface area contributed by atoms with Crippen molar-refractivity contribution in [2.24, 2.45) is 0 Å². The van der Waals surface area contributed by atoms with Gasteiger partial charge in [0.1, 0.15) is 0 Å². The molecule has 0 N–H and O–H groups in total. The predicted molar refractivity (Wildman–Crippen MR) is 85.3 cm³/mol. The van der Waals surface area contributed by atoms with Gasteiger partial charge in [-0.2, -0.15) is 0 Å². The fraction of sp³-hybridized carbons (Fsp3) is 0.0588. The van der Waals surface area contributed by atoms with Gasteiger partial charge in [-0.15, -0.1) is 0 Å². The van der Waals surface area contributed by atoms with Gasteiger partial charge in [-0.25, -0.2) is 0 Å². The summed E-state index contributed by atoms with van der Waals surface area (Å²) in [6.45, 7) is 2.09. The summed E-state index contributed by atoms with van der Waals surface area (Å²) in [5.74, 6) is 0. The van der Waals surface area contributed by atoms with E-state index in [0.717, 1.165) is 27.0 Å². The number of rotatable bonds is 2. The SMILES string of the molecule is Cc1cc(-c2ccccc2)ncc1-c1ncccc1Br. The van der Waals surface area contributed by atoms with E-state index in [2.05, 4.69) is 51.0 Å². The maximum atomic E-state index is 4.57. The molecule has 3 heteroatoms. The zero-order chi connectivity index (χ0) is 13.9. The van der Waals surface area contributed by atoms with Crippen LogP contribution in [0.5, 0.6) is 0 Å². The Kier molecular flexibility index (Phi) is 3.61. The molecule has 0 aliphatic rings. The van der Waals surface area contributed by atoms with Gasteiger partial charge in [0.05, 0.1) is 11.4 Å². The quantitative estimate of drug-likeness (QED) is 0.671. The normalized spacial score (nSPS) is 10.5. The highest BCUT2D eigenvalue weighted by molar-refractivity contribution is 9.10. The summed E-state index contributed by atoms with van der Waals surface area (Å²) in [5.41, 5.74) is 5.26. The average Bonchev–Trinajstić information content (AvgIpc) is 2.49. The van der Waals surface area contributed by atoms with Gasteiger partial charge < -0.3 is 0 Å². The molecule has 2 aromatic heterocycles. The van der Waals surface area contributed by atoms with E-state index in [1.165, 1.54) is 5.56 Å². The molecule has 0 radical (unpaired) electrons. The third-order valence-corrected chi connectivity index (χ3v) is 3.83. The van der Waals surface area contributed by atoms with Crippen molar-refractivity contribution < 1.29 is 0 Å². The van der Waals surface area contributed by atoms with Crippen molar-refractivity contribution in [2.75, 3.05) is 0 Å². The number of aryl methyl sites for hydroxylation is 1. The van der Waals surface area contributed by atoms with E-state index in [4.69, 9.17) is 0 Å². The van der Waals surface area contributed by atoms with Gasteiger partial charge in [0.25, 0.3) is 0 Å². The summed E-state index contributed by atoms with van der Waals surface area (Å²) < 4.78 is 0.984. The molecule has 0 amide bonds. The maximum Gasteiger partial charge on any atom is 0.0862 e. The van der Waals surface area contributed by atoms with Crippen molar-refractivity contribution >= 4 is 15.9 Å². The van der Waals surface area contributed by atoms with Crippen molar-refractivity contribution in [1.29, 1.82) is 0 Å². The molecule has 0 spiro atoms. The van der Waals surface area contributed by atoms with Crippen LogP contribution in [0, 0.1) is 6.92 Å². The van der Waals surface area contributed by atoms with Crippen LogP contribution in [-0.4, -0.2) is 9.97 Å². The molecule has 0 unspecified atom stereocenters.